The van der Waals surface area contributed by atoms with Crippen LogP contribution in [0.25, 0.3) is 0 Å². The third-order valence-electron chi connectivity index (χ3n) is 2.20. The minimum atomic E-state index is -1.15. The normalized spacial score (nSPS) is 10.1. The minimum absolute atomic E-state index is 0.0703. The number of amides is 1. The molecule has 0 radical (unpaired) electrons. The summed E-state index contributed by atoms with van der Waals surface area (Å²) >= 11 is 5.72. The lowest BCUT2D eigenvalue weighted by Gasteiger charge is -2.05. The van der Waals surface area contributed by atoms with Crippen LogP contribution < -0.4 is 5.32 Å². The third-order valence-corrected chi connectivity index (χ3v) is 2.53. The Labute approximate surface area is 107 Å². The van der Waals surface area contributed by atoms with Gasteiger partial charge in [-0.3, -0.25) is 9.89 Å². The number of aromatic nitrogens is 2. The molecule has 0 spiro atoms. The molecule has 0 aliphatic carbocycles. The lowest BCUT2D eigenvalue weighted by Crippen LogP contribution is -2.13. The van der Waals surface area contributed by atoms with Crippen LogP contribution in [0.15, 0.2) is 30.5 Å². The van der Waals surface area contributed by atoms with Crippen LogP contribution >= 0.6 is 11.6 Å². The summed E-state index contributed by atoms with van der Waals surface area (Å²) in [7, 11) is 0. The van der Waals surface area contributed by atoms with E-state index in [9.17, 15) is 9.59 Å². The van der Waals surface area contributed by atoms with Crippen LogP contribution in [0.5, 0.6) is 0 Å². The predicted molar refractivity (Wildman–Crippen MR) is 65.0 cm³/mol. The molecule has 3 N–H and O–H groups in total. The number of hydrogen-bond donors (Lipinski definition) is 3. The lowest BCUT2D eigenvalue weighted by molar-refractivity contribution is 0.0696. The summed E-state index contributed by atoms with van der Waals surface area (Å²) in [6.07, 6.45) is 1.44. The number of benzene rings is 1. The van der Waals surface area contributed by atoms with Crippen molar-refractivity contribution in [3.05, 3.63) is 46.7 Å². The van der Waals surface area contributed by atoms with Gasteiger partial charge in [0.1, 0.15) is 5.69 Å². The summed E-state index contributed by atoms with van der Waals surface area (Å²) in [5.74, 6) is -1.57. The first-order valence-electron chi connectivity index (χ1n) is 4.91. The van der Waals surface area contributed by atoms with E-state index in [1.165, 1.54) is 30.5 Å². The number of carbonyl (C=O) groups is 2. The molecule has 0 fully saturated rings. The van der Waals surface area contributed by atoms with E-state index >= 15 is 0 Å². The summed E-state index contributed by atoms with van der Waals surface area (Å²) in [4.78, 5) is 22.6. The quantitative estimate of drug-likeness (QED) is 0.791. The number of nitrogens with zero attached hydrogens (tertiary/aromatic N) is 1. The van der Waals surface area contributed by atoms with Crippen molar-refractivity contribution in [1.82, 2.24) is 10.2 Å². The maximum absolute atomic E-state index is 11.7. The van der Waals surface area contributed by atoms with Gasteiger partial charge >= 0.3 is 5.97 Å². The van der Waals surface area contributed by atoms with E-state index in [-0.39, 0.29) is 16.3 Å². The van der Waals surface area contributed by atoms with Crippen molar-refractivity contribution in [2.24, 2.45) is 0 Å². The summed E-state index contributed by atoms with van der Waals surface area (Å²) in [6.45, 7) is 0. The first kappa shape index (κ1) is 12.1. The largest absolute Gasteiger partial charge is 0.478 e. The Morgan fingerprint density at radius 2 is 2.11 bits per heavy atom. The Kier molecular flexibility index (Phi) is 3.29. The van der Waals surface area contributed by atoms with Crippen LogP contribution in [0.2, 0.25) is 5.02 Å². The molecular formula is C11H8ClN3O3. The van der Waals surface area contributed by atoms with E-state index in [4.69, 9.17) is 16.7 Å². The number of carboxylic acid groups (broad SMARTS) is 1. The fourth-order valence-electron chi connectivity index (χ4n) is 1.35. The Hall–Kier alpha value is -2.34. The Balaban J connectivity index is 2.22. The first-order valence-corrected chi connectivity index (χ1v) is 5.29. The van der Waals surface area contributed by atoms with E-state index in [0.717, 1.165) is 0 Å². The molecule has 0 atom stereocenters. The van der Waals surface area contributed by atoms with Crippen molar-refractivity contribution >= 4 is 29.2 Å². The Morgan fingerprint density at radius 3 is 2.72 bits per heavy atom. The number of nitrogens with one attached hydrogen (secondary N) is 2. The van der Waals surface area contributed by atoms with Gasteiger partial charge < -0.3 is 10.4 Å². The molecule has 18 heavy (non-hydrogen) atoms. The van der Waals surface area contributed by atoms with Gasteiger partial charge in [0.25, 0.3) is 5.91 Å². The highest BCUT2D eigenvalue weighted by Crippen LogP contribution is 2.20. The highest BCUT2D eigenvalue weighted by Gasteiger charge is 2.12. The summed E-state index contributed by atoms with van der Waals surface area (Å²) in [6, 6.07) is 5.72. The molecule has 0 saturated heterocycles. The second-order valence-electron chi connectivity index (χ2n) is 3.42. The fraction of sp³-hybridized carbons (Fsp3) is 0. The molecule has 0 saturated carbocycles. The highest BCUT2D eigenvalue weighted by molar-refractivity contribution is 6.33. The van der Waals surface area contributed by atoms with Crippen molar-refractivity contribution in [3.63, 3.8) is 0 Å². The molecular weight excluding hydrogens is 258 g/mol. The van der Waals surface area contributed by atoms with E-state index < -0.39 is 11.9 Å². The molecule has 1 aromatic heterocycles. The smallest absolute Gasteiger partial charge is 0.337 e. The van der Waals surface area contributed by atoms with Crippen molar-refractivity contribution in [3.8, 4) is 0 Å². The standard InChI is InChI=1S/C11H8ClN3O3/c12-8-2-1-6(5-7(8)11(17)18)14-10(16)9-3-4-13-15-9/h1-5H,(H,13,15)(H,14,16)(H,17,18). The van der Waals surface area contributed by atoms with Gasteiger partial charge in [-0.1, -0.05) is 11.6 Å². The molecule has 92 valence electrons. The Bertz CT molecular complexity index is 596. The van der Waals surface area contributed by atoms with Crippen LogP contribution in [0.3, 0.4) is 0 Å². The zero-order chi connectivity index (χ0) is 13.1. The van der Waals surface area contributed by atoms with Gasteiger partial charge in [0.05, 0.1) is 10.6 Å². The van der Waals surface area contributed by atoms with Crippen LogP contribution in [0.1, 0.15) is 20.8 Å². The van der Waals surface area contributed by atoms with Gasteiger partial charge in [0.15, 0.2) is 0 Å². The summed E-state index contributed by atoms with van der Waals surface area (Å²) in [5.41, 5.74) is 0.553. The predicted octanol–water partition coefficient (Wildman–Crippen LogP) is 2.01. The number of carbonyl (C=O) groups excluding carboxylic acids is 1. The number of carboxylic acids is 1. The fourth-order valence-corrected chi connectivity index (χ4v) is 1.55. The average molecular weight is 266 g/mol. The van der Waals surface area contributed by atoms with E-state index in [0.29, 0.717) is 5.69 Å². The van der Waals surface area contributed by atoms with Crippen molar-refractivity contribution in [2.45, 2.75) is 0 Å². The zero-order valence-electron chi connectivity index (χ0n) is 8.98. The molecule has 0 aliphatic heterocycles. The average Bonchev–Trinajstić information content (AvgIpc) is 2.85. The SMILES string of the molecule is O=C(Nc1ccc(Cl)c(C(=O)O)c1)c1ccn[nH]1. The maximum Gasteiger partial charge on any atom is 0.337 e. The molecule has 1 heterocycles. The van der Waals surface area contributed by atoms with Gasteiger partial charge in [0, 0.05) is 11.9 Å². The zero-order valence-corrected chi connectivity index (χ0v) is 9.73. The number of rotatable bonds is 3. The first-order chi connectivity index (χ1) is 8.58. The van der Waals surface area contributed by atoms with Gasteiger partial charge in [0.2, 0.25) is 0 Å². The number of halogens is 1. The summed E-state index contributed by atoms with van der Waals surface area (Å²) < 4.78 is 0. The van der Waals surface area contributed by atoms with Crippen LogP contribution in [-0.2, 0) is 0 Å². The van der Waals surface area contributed by atoms with Crippen LogP contribution in [0, 0.1) is 0 Å². The van der Waals surface area contributed by atoms with Crippen LogP contribution in [0.4, 0.5) is 5.69 Å². The van der Waals surface area contributed by atoms with E-state index in [1.807, 2.05) is 0 Å². The molecule has 2 rings (SSSR count). The van der Waals surface area contributed by atoms with E-state index in [2.05, 4.69) is 15.5 Å². The Morgan fingerprint density at radius 1 is 1.33 bits per heavy atom. The van der Waals surface area contributed by atoms with Crippen LogP contribution in [-0.4, -0.2) is 27.2 Å². The van der Waals surface area contributed by atoms with Gasteiger partial charge in [-0.05, 0) is 24.3 Å². The van der Waals surface area contributed by atoms with Crippen molar-refractivity contribution < 1.29 is 14.7 Å². The molecule has 7 heteroatoms. The number of aromatic amines is 1. The number of aromatic carboxylic acids is 1. The lowest BCUT2D eigenvalue weighted by atomic mass is 10.2. The molecule has 0 aliphatic rings. The van der Waals surface area contributed by atoms with Gasteiger partial charge in [-0.25, -0.2) is 4.79 Å². The topological polar surface area (TPSA) is 95.1 Å². The minimum Gasteiger partial charge on any atom is -0.478 e. The molecule has 2 aromatic rings. The van der Waals surface area contributed by atoms with Gasteiger partial charge in [-0.2, -0.15) is 5.10 Å². The van der Waals surface area contributed by atoms with Crippen molar-refractivity contribution in [2.75, 3.05) is 5.32 Å². The van der Waals surface area contributed by atoms with Crippen molar-refractivity contribution in [1.29, 1.82) is 0 Å². The molecule has 0 unspecified atom stereocenters. The van der Waals surface area contributed by atoms with Gasteiger partial charge in [-0.15, -0.1) is 0 Å². The second-order valence-corrected chi connectivity index (χ2v) is 3.83. The molecule has 0 bridgehead atoms. The van der Waals surface area contributed by atoms with E-state index in [1.54, 1.807) is 0 Å². The molecule has 1 amide bonds. The molecule has 1 aromatic carbocycles. The monoisotopic (exact) mass is 265 g/mol. The highest BCUT2D eigenvalue weighted by atomic mass is 35.5. The maximum atomic E-state index is 11.7. The number of H-pyrrole nitrogens is 1. The third kappa shape index (κ3) is 2.49. The summed E-state index contributed by atoms with van der Waals surface area (Å²) in [5, 5.41) is 17.7. The second kappa shape index (κ2) is 4.89. The number of anilines is 1. The molecule has 6 nitrogen and oxygen atoms in total. The number of hydrogen-bond acceptors (Lipinski definition) is 3.